The molecular formula is C85H104AlBN16O9S3. The molecule has 0 amide bonds. The van der Waals surface area contributed by atoms with Crippen molar-refractivity contribution < 1.29 is 39.5 Å². The van der Waals surface area contributed by atoms with E-state index in [2.05, 4.69) is 48.2 Å². The minimum absolute atomic E-state index is 0. The van der Waals surface area contributed by atoms with Crippen molar-refractivity contribution in [3.05, 3.63) is 200 Å². The van der Waals surface area contributed by atoms with Crippen LogP contribution in [0.3, 0.4) is 0 Å². The number of nitrogens with zero attached hydrogens (tertiary/aromatic N) is 15. The summed E-state index contributed by atoms with van der Waals surface area (Å²) >= 11 is 1.67. The number of ether oxygens (including phenoxy) is 3. The zero-order valence-electron chi connectivity index (χ0n) is 65.1. The molecule has 18 rings (SSSR count). The van der Waals surface area contributed by atoms with Crippen molar-refractivity contribution in [2.75, 3.05) is 78.9 Å². The first-order valence-corrected chi connectivity index (χ1v) is 44.6. The van der Waals surface area contributed by atoms with Crippen LogP contribution < -0.4 is 0 Å². The maximum absolute atomic E-state index is 13.6. The Bertz CT molecular complexity index is 5020. The SMILES string of the molecule is C.Cn1cc(-c2cn(S(=O)(=O)c3ccccc3)c3ncc(C4CCC(N5CCCOCC5)CC4)cc23)cn1.Cn1cc(-c2cn(S(=O)(=O)c3ccccc3)c3ncc(C4CCC(N5CCCOCC5)CC4)cc23)cn1.Cn1cc(-c2cn(S(=O)(=O)c3ccccc3)c3ncc(C4CCC(N5CCCOCC5)CC4)cc23)cn1.[B].[NH]=[Al]. The van der Waals surface area contributed by atoms with Gasteiger partial charge in [0, 0.05) is 212 Å². The summed E-state index contributed by atoms with van der Waals surface area (Å²) in [6, 6.07) is 33.9. The van der Waals surface area contributed by atoms with Gasteiger partial charge in [-0.05, 0) is 185 Å². The number of aromatic nitrogens is 12. The fraction of sp³-hybridized carbons (Fsp3) is 0.435. The van der Waals surface area contributed by atoms with Crippen molar-refractivity contribution in [1.29, 1.82) is 4.35 Å². The second kappa shape index (κ2) is 37.7. The summed E-state index contributed by atoms with van der Waals surface area (Å²) in [6.07, 6.45) is 38.8. The van der Waals surface area contributed by atoms with E-state index >= 15 is 0 Å². The molecule has 3 aromatic carbocycles. The molecule has 0 unspecified atom stereocenters. The second-order valence-electron chi connectivity index (χ2n) is 30.6. The Morgan fingerprint density at radius 1 is 0.357 bits per heavy atom. The quantitative estimate of drug-likeness (QED) is 0.0934. The van der Waals surface area contributed by atoms with Gasteiger partial charge in [-0.2, -0.15) is 15.3 Å². The van der Waals surface area contributed by atoms with Crippen LogP contribution in [0.1, 0.15) is 138 Å². The monoisotopic (exact) mass is 1630 g/mol. The predicted molar refractivity (Wildman–Crippen MR) is 450 cm³/mol. The van der Waals surface area contributed by atoms with Crippen LogP contribution in [0.2, 0.25) is 0 Å². The number of benzene rings is 3. The molecule has 115 heavy (non-hydrogen) atoms. The average Bonchev–Trinajstić information content (AvgIpc) is 1.63. The van der Waals surface area contributed by atoms with Gasteiger partial charge < -0.3 is 14.2 Å². The van der Waals surface area contributed by atoms with Gasteiger partial charge in [0.2, 0.25) is 0 Å². The Hall–Kier alpha value is -8.63. The summed E-state index contributed by atoms with van der Waals surface area (Å²) in [5, 5.41) is 15.5. The predicted octanol–water partition coefficient (Wildman–Crippen LogP) is 13.4. The van der Waals surface area contributed by atoms with Gasteiger partial charge in [-0.1, -0.05) is 62.0 Å². The van der Waals surface area contributed by atoms with Gasteiger partial charge in [0.05, 0.1) is 53.1 Å². The number of hydrogen-bond donors (Lipinski definition) is 1. The first-order chi connectivity index (χ1) is 55.0. The number of aryl methyl sites for hydroxylation is 3. The number of pyridine rings is 3. The van der Waals surface area contributed by atoms with E-state index in [1.54, 1.807) is 140 Å². The number of fused-ring (bicyclic) bond motifs is 3. The molecule has 0 bridgehead atoms. The molecule has 30 heteroatoms. The van der Waals surface area contributed by atoms with Crippen LogP contribution >= 0.6 is 0 Å². The molecule has 0 atom stereocenters. The van der Waals surface area contributed by atoms with Crippen LogP contribution in [0, 0.1) is 4.35 Å². The molecule has 4 radical (unpaired) electrons. The molecular weight excluding hydrogens is 1520 g/mol. The van der Waals surface area contributed by atoms with Crippen molar-refractivity contribution in [1.82, 2.24) is 70.9 Å². The zero-order chi connectivity index (χ0) is 78.2. The van der Waals surface area contributed by atoms with E-state index in [9.17, 15) is 25.3 Å². The first kappa shape index (κ1) is 84.3. The molecule has 0 spiro atoms. The van der Waals surface area contributed by atoms with Crippen LogP contribution in [-0.4, -0.2) is 218 Å². The minimum atomic E-state index is -3.80. The molecule has 3 saturated heterocycles. The molecule has 6 aliphatic rings. The van der Waals surface area contributed by atoms with Gasteiger partial charge in [0.25, 0.3) is 30.1 Å². The Balaban J connectivity index is 0.000000147. The fourth-order valence-electron chi connectivity index (χ4n) is 17.7. The van der Waals surface area contributed by atoms with Gasteiger partial charge >= 0.3 is 20.4 Å². The molecule has 9 aromatic heterocycles. The van der Waals surface area contributed by atoms with E-state index < -0.39 is 30.1 Å². The molecule has 12 heterocycles. The third kappa shape index (κ3) is 18.5. The topological polar surface area (TPSA) is 271 Å². The van der Waals surface area contributed by atoms with E-state index in [1.165, 1.54) is 67.1 Å². The molecule has 6 fully saturated rings. The third-order valence-electron chi connectivity index (χ3n) is 23.7. The van der Waals surface area contributed by atoms with Gasteiger partial charge in [-0.3, -0.25) is 28.7 Å². The summed E-state index contributed by atoms with van der Waals surface area (Å²) in [4.78, 5) is 22.8. The van der Waals surface area contributed by atoms with Gasteiger partial charge in [0.15, 0.2) is 16.9 Å². The molecule has 602 valence electrons. The van der Waals surface area contributed by atoms with Crippen molar-refractivity contribution in [2.24, 2.45) is 21.1 Å². The molecule has 3 aliphatic heterocycles. The van der Waals surface area contributed by atoms with Crippen LogP contribution in [0.25, 0.3) is 66.5 Å². The Morgan fingerprint density at radius 2 is 0.617 bits per heavy atom. The standard InChI is InChI=1S/3C28H33N5O3S.CH4.Al.B.HN/c3*1-31-19-23(18-30-31)27-20-33(37(34,35)25-6-3-2-4-7-25)28-26(27)16-22(17-29-28)21-8-10-24(11-9-21)32-12-5-14-36-15-13-32;;;;/h3*2-4,6-7,16-21,24H,5,8-15H2,1H3;1H4;;;1H. The van der Waals surface area contributed by atoms with E-state index in [-0.39, 0.29) is 30.5 Å². The number of nitrogens with one attached hydrogen (secondary N) is 1. The molecule has 3 saturated carbocycles. The molecule has 25 nitrogen and oxygen atoms in total. The van der Waals surface area contributed by atoms with E-state index in [0.717, 1.165) is 186 Å². The van der Waals surface area contributed by atoms with Gasteiger partial charge in [0.1, 0.15) is 0 Å². The van der Waals surface area contributed by atoms with E-state index in [0.29, 0.717) is 52.8 Å². The average molecular weight is 1630 g/mol. The normalized spacial score (nSPS) is 21.0. The molecule has 12 aromatic rings. The van der Waals surface area contributed by atoms with Crippen LogP contribution in [0.15, 0.2) is 198 Å². The zero-order valence-corrected chi connectivity index (χ0v) is 68.7. The van der Waals surface area contributed by atoms with E-state index in [4.69, 9.17) is 33.5 Å². The van der Waals surface area contributed by atoms with Crippen molar-refractivity contribution in [3.63, 3.8) is 0 Å². The van der Waals surface area contributed by atoms with Crippen LogP contribution in [0.4, 0.5) is 0 Å². The van der Waals surface area contributed by atoms with Gasteiger partial charge in [-0.25, -0.2) is 52.1 Å². The van der Waals surface area contributed by atoms with Crippen LogP contribution in [0.5, 0.6) is 0 Å². The maximum atomic E-state index is 13.6. The fourth-order valence-corrected chi connectivity index (χ4v) is 21.7. The Kier molecular flexibility index (Phi) is 27.7. The van der Waals surface area contributed by atoms with Gasteiger partial charge in [-0.15, -0.1) is 0 Å². The van der Waals surface area contributed by atoms with Crippen LogP contribution in [-0.2, 0) is 65.4 Å². The molecule has 1 N–H and O–H groups in total. The summed E-state index contributed by atoms with van der Waals surface area (Å²) in [7, 11) is -5.80. The van der Waals surface area contributed by atoms with E-state index in [1.807, 2.05) is 76.5 Å². The van der Waals surface area contributed by atoms with Crippen molar-refractivity contribution in [2.45, 2.75) is 154 Å². The third-order valence-corrected chi connectivity index (χ3v) is 28.7. The Morgan fingerprint density at radius 3 is 0.861 bits per heavy atom. The summed E-state index contributed by atoms with van der Waals surface area (Å²) < 4.78 is 113. The first-order valence-electron chi connectivity index (χ1n) is 39.7. The molecule has 3 aliphatic carbocycles. The Labute approximate surface area is 685 Å². The second-order valence-corrected chi connectivity index (χ2v) is 36.1. The number of rotatable bonds is 15. The van der Waals surface area contributed by atoms with Crippen molar-refractivity contribution >= 4 is 87.7 Å². The summed E-state index contributed by atoms with van der Waals surface area (Å²) in [6.45, 7) is 11.6. The van der Waals surface area contributed by atoms with Crippen molar-refractivity contribution in [3.8, 4) is 33.4 Å². The summed E-state index contributed by atoms with van der Waals surface area (Å²) in [5.74, 6) is 1.27. The number of hydrogen-bond acceptors (Lipinski definition) is 19. The summed E-state index contributed by atoms with van der Waals surface area (Å²) in [5.41, 5.74) is 10.0.